The normalized spacial score (nSPS) is 18.0. The third kappa shape index (κ3) is 3.53. The first-order valence-electron chi connectivity index (χ1n) is 8.09. The van der Waals surface area contributed by atoms with E-state index < -0.39 is 10.8 Å². The van der Waals surface area contributed by atoms with Crippen LogP contribution < -0.4 is 39.3 Å². The van der Waals surface area contributed by atoms with Crippen molar-refractivity contribution in [2.24, 2.45) is 0 Å². The summed E-state index contributed by atoms with van der Waals surface area (Å²) in [5, 5.41) is 0.216. The van der Waals surface area contributed by atoms with Gasteiger partial charge in [0, 0.05) is 16.9 Å². The fourth-order valence-corrected chi connectivity index (χ4v) is 4.71. The Morgan fingerprint density at radius 3 is 2.88 bits per heavy atom. The number of fused-ring (bicyclic) bond motifs is 2. The van der Waals surface area contributed by atoms with E-state index in [0.717, 1.165) is 53.7 Å². The summed E-state index contributed by atoms with van der Waals surface area (Å²) < 4.78 is 18.7. The third-order valence-corrected chi connectivity index (χ3v) is 5.98. The predicted octanol–water partition coefficient (Wildman–Crippen LogP) is 0.175. The maximum Gasteiger partial charge on any atom is 1.00 e. The first-order chi connectivity index (χ1) is 11.8. The van der Waals surface area contributed by atoms with Crippen LogP contribution in [-0.2, 0) is 17.2 Å². The molecule has 0 fully saturated rings. The van der Waals surface area contributed by atoms with Gasteiger partial charge in [-0.3, -0.25) is 9.19 Å². The molecule has 25 heavy (non-hydrogen) atoms. The van der Waals surface area contributed by atoms with Gasteiger partial charge in [0.05, 0.1) is 28.9 Å². The van der Waals surface area contributed by atoms with Gasteiger partial charge in [-0.2, -0.15) is 0 Å². The number of hydrogen-bond donors (Lipinski definition) is 0. The maximum atomic E-state index is 13.2. The van der Waals surface area contributed by atoms with Crippen molar-refractivity contribution >= 4 is 21.8 Å². The molecule has 0 saturated heterocycles. The Balaban J connectivity index is 0.00000182. The number of methoxy groups -OCH3 is 1. The van der Waals surface area contributed by atoms with Gasteiger partial charge in [-0.25, -0.2) is 0 Å². The van der Waals surface area contributed by atoms with E-state index in [1.165, 1.54) is 0 Å². The molecule has 0 radical (unpaired) electrons. The first-order valence-corrected chi connectivity index (χ1v) is 9.31. The Hall–Kier alpha value is -1.21. The Kier molecular flexibility index (Phi) is 5.94. The number of aromatic nitrogens is 3. The SMILES string of the molecule is COc1ccnc2c1CCCC[C@H]2[S@](=O)c1nc2ccccc2[n-]1.[Na+]. The molecule has 5 nitrogen and oxygen atoms in total. The van der Waals surface area contributed by atoms with Crippen LogP contribution in [0.2, 0.25) is 0 Å². The Labute approximate surface area is 171 Å². The Morgan fingerprint density at radius 1 is 1.24 bits per heavy atom. The van der Waals surface area contributed by atoms with Gasteiger partial charge in [-0.15, -0.1) is 0 Å². The van der Waals surface area contributed by atoms with E-state index in [1.54, 1.807) is 13.3 Å². The van der Waals surface area contributed by atoms with Crippen molar-refractivity contribution in [2.45, 2.75) is 36.1 Å². The number of ether oxygens (including phenoxy) is 1. The van der Waals surface area contributed by atoms with E-state index in [9.17, 15) is 4.21 Å². The maximum absolute atomic E-state index is 13.2. The van der Waals surface area contributed by atoms with Crippen LogP contribution in [0.3, 0.4) is 0 Å². The summed E-state index contributed by atoms with van der Waals surface area (Å²) in [6.07, 6.45) is 5.52. The van der Waals surface area contributed by atoms with Crippen LogP contribution in [0.15, 0.2) is 41.7 Å². The predicted molar refractivity (Wildman–Crippen MR) is 92.6 cm³/mol. The molecule has 0 unspecified atom stereocenters. The van der Waals surface area contributed by atoms with Crippen molar-refractivity contribution in [3.05, 3.63) is 47.8 Å². The van der Waals surface area contributed by atoms with Gasteiger partial charge in [0.1, 0.15) is 5.75 Å². The zero-order chi connectivity index (χ0) is 16.5. The summed E-state index contributed by atoms with van der Waals surface area (Å²) in [6, 6.07) is 9.49. The molecule has 2 heterocycles. The molecule has 1 aliphatic rings. The molecule has 0 bridgehead atoms. The molecule has 2 atom stereocenters. The van der Waals surface area contributed by atoms with E-state index >= 15 is 0 Å². The molecule has 124 valence electrons. The molecule has 1 aliphatic carbocycles. The Morgan fingerprint density at radius 2 is 2.08 bits per heavy atom. The van der Waals surface area contributed by atoms with Crippen molar-refractivity contribution in [2.75, 3.05) is 7.11 Å². The summed E-state index contributed by atoms with van der Waals surface area (Å²) in [5.41, 5.74) is 3.52. The molecule has 0 spiro atoms. The van der Waals surface area contributed by atoms with Gasteiger partial charge >= 0.3 is 29.6 Å². The van der Waals surface area contributed by atoms with Crippen LogP contribution in [0.4, 0.5) is 0 Å². The molecular formula is C18H18N3NaO2S. The van der Waals surface area contributed by atoms with Crippen LogP contribution in [-0.4, -0.2) is 21.3 Å². The second-order valence-electron chi connectivity index (χ2n) is 5.90. The number of hydrogen-bond acceptors (Lipinski definition) is 4. The second-order valence-corrected chi connectivity index (χ2v) is 7.43. The van der Waals surface area contributed by atoms with Gasteiger partial charge in [0.2, 0.25) is 0 Å². The standard InChI is InChI=1S/C18H18N3O2S.Na/c1-23-15-10-11-19-17-12(15)6-2-5-9-16(17)24(22)18-20-13-7-3-4-8-14(13)21-18;/h3-4,7-8,10-11,16H,2,5-6,9H2,1H3;/q-1;+1/t16-,24+;/m1./s1. The molecule has 4 rings (SSSR count). The summed E-state index contributed by atoms with van der Waals surface area (Å²) in [4.78, 5) is 13.5. The van der Waals surface area contributed by atoms with E-state index in [-0.39, 0.29) is 34.8 Å². The molecule has 0 N–H and O–H groups in total. The largest absolute Gasteiger partial charge is 1.00 e. The van der Waals surface area contributed by atoms with E-state index in [2.05, 4.69) is 15.0 Å². The van der Waals surface area contributed by atoms with Gasteiger partial charge in [-0.1, -0.05) is 30.7 Å². The number of imidazole rings is 1. The minimum Gasteiger partial charge on any atom is -0.496 e. The molecule has 1 aromatic carbocycles. The number of benzene rings is 1. The average Bonchev–Trinajstić information content (AvgIpc) is 2.93. The Bertz CT molecular complexity index is 879. The van der Waals surface area contributed by atoms with Gasteiger partial charge in [-0.05, 0) is 36.4 Å². The molecule has 2 aromatic heterocycles. The first kappa shape index (κ1) is 18.6. The number of rotatable bonds is 3. The summed E-state index contributed by atoms with van der Waals surface area (Å²) in [6.45, 7) is 0. The van der Waals surface area contributed by atoms with E-state index in [0.29, 0.717) is 5.16 Å². The van der Waals surface area contributed by atoms with Gasteiger partial charge < -0.3 is 14.7 Å². The van der Waals surface area contributed by atoms with Crippen LogP contribution in [0.1, 0.15) is 35.8 Å². The van der Waals surface area contributed by atoms with Crippen molar-refractivity contribution in [3.63, 3.8) is 0 Å². The molecular weight excluding hydrogens is 345 g/mol. The third-order valence-electron chi connectivity index (χ3n) is 4.47. The number of para-hydroxylation sites is 2. The molecule has 0 aliphatic heterocycles. The zero-order valence-electron chi connectivity index (χ0n) is 14.4. The van der Waals surface area contributed by atoms with Crippen LogP contribution >= 0.6 is 0 Å². The topological polar surface area (TPSA) is 66.2 Å². The minimum atomic E-state index is -1.33. The van der Waals surface area contributed by atoms with E-state index in [4.69, 9.17) is 4.74 Å². The summed E-state index contributed by atoms with van der Waals surface area (Å²) >= 11 is 0. The van der Waals surface area contributed by atoms with Crippen LogP contribution in [0.5, 0.6) is 5.75 Å². The minimum absolute atomic E-state index is 0. The summed E-state index contributed by atoms with van der Waals surface area (Å²) in [7, 11) is 0.341. The molecule has 0 saturated carbocycles. The van der Waals surface area contributed by atoms with Gasteiger partial charge in [0.25, 0.3) is 0 Å². The molecule has 0 amide bonds. The van der Waals surface area contributed by atoms with Gasteiger partial charge in [0.15, 0.2) is 0 Å². The van der Waals surface area contributed by atoms with Crippen molar-refractivity contribution in [1.29, 1.82) is 0 Å². The monoisotopic (exact) mass is 363 g/mol. The molecule has 7 heteroatoms. The fourth-order valence-electron chi connectivity index (χ4n) is 3.29. The van der Waals surface area contributed by atoms with E-state index in [1.807, 2.05) is 30.3 Å². The second kappa shape index (κ2) is 7.99. The zero-order valence-corrected chi connectivity index (χ0v) is 17.3. The smallest absolute Gasteiger partial charge is 0.496 e. The van der Waals surface area contributed by atoms with Crippen molar-refractivity contribution in [1.82, 2.24) is 15.0 Å². The molecule has 3 aromatic rings. The summed E-state index contributed by atoms with van der Waals surface area (Å²) in [5.74, 6) is 0.831. The number of pyridine rings is 1. The quantitative estimate of drug-likeness (QED) is 0.490. The number of nitrogens with zero attached hydrogens (tertiary/aromatic N) is 3. The fraction of sp³-hybridized carbons (Fsp3) is 0.333. The van der Waals surface area contributed by atoms with Crippen LogP contribution in [0.25, 0.3) is 11.0 Å². The van der Waals surface area contributed by atoms with Crippen molar-refractivity contribution in [3.8, 4) is 5.75 Å². The van der Waals surface area contributed by atoms with Crippen molar-refractivity contribution < 1.29 is 38.5 Å². The van der Waals surface area contributed by atoms with Crippen LogP contribution in [0, 0.1) is 0 Å². The average molecular weight is 363 g/mol.